The SMILES string of the molecule is CCCCC[C@H](O)CC[C@@H]1[C@@H](C/C=C\CCCC(=O)OCCC=NS(=O)(=O)c2ccc(NC(C)=O)s2)[C@@H](OC(C)=O)C[C@H]1O. The zero-order chi connectivity index (χ0) is 32.5. The number of nitrogens with zero attached hydrogens (tertiary/aromatic N) is 1. The average Bonchev–Trinajstić information content (AvgIpc) is 3.52. The summed E-state index contributed by atoms with van der Waals surface area (Å²) in [4.78, 5) is 34.8. The van der Waals surface area contributed by atoms with Gasteiger partial charge >= 0.3 is 11.9 Å². The first-order valence-electron chi connectivity index (χ1n) is 15.4. The number of esters is 2. The number of sulfonamides is 1. The van der Waals surface area contributed by atoms with Crippen molar-refractivity contribution in [3.05, 3.63) is 24.3 Å². The van der Waals surface area contributed by atoms with Crippen molar-refractivity contribution >= 4 is 50.4 Å². The minimum Gasteiger partial charge on any atom is -0.465 e. The standard InChI is InChI=1S/C31H48N2O9S2/c1-4-5-8-12-24(36)15-16-25-26(28(21-27(25)37)42-23(3)35)13-9-6-7-10-14-30(38)41-20-11-19-32-44(39,40)31-18-17-29(43-31)33-22(2)34/h6,9,17-19,24-28,36-37H,4-5,7-8,10-16,20-21H2,1-3H3,(H,33,34)/b9-6-,32-19?/t24-,25+,26+,27+,28-/m0/s1. The number of aliphatic hydroxyl groups is 2. The molecule has 1 heterocycles. The maximum atomic E-state index is 12.3. The van der Waals surface area contributed by atoms with Crippen LogP contribution in [0.1, 0.15) is 97.8 Å². The van der Waals surface area contributed by atoms with Crippen molar-refractivity contribution in [1.29, 1.82) is 0 Å². The summed E-state index contributed by atoms with van der Waals surface area (Å²) in [6.07, 6.45) is 11.6. The molecule has 0 bridgehead atoms. The van der Waals surface area contributed by atoms with Crippen LogP contribution in [-0.2, 0) is 33.9 Å². The van der Waals surface area contributed by atoms with E-state index in [-0.39, 0.29) is 59.4 Å². The van der Waals surface area contributed by atoms with Crippen LogP contribution in [-0.4, -0.2) is 67.6 Å². The zero-order valence-corrected chi connectivity index (χ0v) is 27.6. The molecule has 1 amide bonds. The first kappa shape index (κ1) is 37.6. The molecule has 5 atom stereocenters. The molecule has 0 spiro atoms. The molecule has 248 valence electrons. The lowest BCUT2D eigenvalue weighted by atomic mass is 9.85. The molecular formula is C31H48N2O9S2. The van der Waals surface area contributed by atoms with Crippen molar-refractivity contribution in [2.45, 2.75) is 120 Å². The lowest BCUT2D eigenvalue weighted by Gasteiger charge is -2.25. The summed E-state index contributed by atoms with van der Waals surface area (Å²) in [7, 11) is -3.89. The van der Waals surface area contributed by atoms with E-state index in [4.69, 9.17) is 9.47 Å². The molecule has 0 radical (unpaired) electrons. The summed E-state index contributed by atoms with van der Waals surface area (Å²) in [5.41, 5.74) is 0. The summed E-state index contributed by atoms with van der Waals surface area (Å²) >= 11 is 0.902. The Morgan fingerprint density at radius 2 is 1.89 bits per heavy atom. The number of hydrogen-bond acceptors (Lipinski definition) is 10. The van der Waals surface area contributed by atoms with Crippen LogP contribution in [0.2, 0.25) is 0 Å². The Balaban J connectivity index is 1.71. The highest BCUT2D eigenvalue weighted by atomic mass is 32.2. The number of unbranched alkanes of at least 4 members (excludes halogenated alkanes) is 3. The van der Waals surface area contributed by atoms with Crippen molar-refractivity contribution < 1.29 is 42.5 Å². The Morgan fingerprint density at radius 3 is 2.59 bits per heavy atom. The van der Waals surface area contributed by atoms with Crippen molar-refractivity contribution in [3.63, 3.8) is 0 Å². The van der Waals surface area contributed by atoms with Crippen LogP contribution in [0.5, 0.6) is 0 Å². The van der Waals surface area contributed by atoms with E-state index in [9.17, 15) is 33.0 Å². The summed E-state index contributed by atoms with van der Waals surface area (Å²) in [6.45, 7) is 4.83. The molecule has 1 saturated carbocycles. The van der Waals surface area contributed by atoms with Gasteiger partial charge in [-0.05, 0) is 56.6 Å². The van der Waals surface area contributed by atoms with Crippen LogP contribution in [0.15, 0.2) is 32.9 Å². The summed E-state index contributed by atoms with van der Waals surface area (Å²) < 4.78 is 38.8. The quantitative estimate of drug-likeness (QED) is 0.0742. The number of anilines is 1. The van der Waals surface area contributed by atoms with Crippen molar-refractivity contribution in [2.24, 2.45) is 16.2 Å². The van der Waals surface area contributed by atoms with Crippen molar-refractivity contribution in [2.75, 3.05) is 11.9 Å². The molecule has 0 aliphatic heterocycles. The second-order valence-electron chi connectivity index (χ2n) is 11.2. The van der Waals surface area contributed by atoms with Gasteiger partial charge in [-0.1, -0.05) is 38.3 Å². The molecule has 1 aromatic rings. The van der Waals surface area contributed by atoms with Gasteiger partial charge in [-0.15, -0.1) is 11.3 Å². The summed E-state index contributed by atoms with van der Waals surface area (Å²) in [5, 5.41) is 24.0. The molecular weight excluding hydrogens is 608 g/mol. The van der Waals surface area contributed by atoms with Crippen LogP contribution in [0.4, 0.5) is 5.00 Å². The number of rotatable bonds is 20. The van der Waals surface area contributed by atoms with E-state index in [0.29, 0.717) is 43.5 Å². The average molecular weight is 657 g/mol. The second kappa shape index (κ2) is 19.7. The van der Waals surface area contributed by atoms with E-state index in [2.05, 4.69) is 16.6 Å². The predicted molar refractivity (Wildman–Crippen MR) is 170 cm³/mol. The molecule has 3 N–H and O–H groups in total. The van der Waals surface area contributed by atoms with Crippen LogP contribution in [0, 0.1) is 11.8 Å². The van der Waals surface area contributed by atoms with Gasteiger partial charge < -0.3 is 25.0 Å². The van der Waals surface area contributed by atoms with Gasteiger partial charge in [-0.3, -0.25) is 14.4 Å². The van der Waals surface area contributed by atoms with E-state index in [1.165, 1.54) is 32.2 Å². The Morgan fingerprint density at radius 1 is 1.11 bits per heavy atom. The van der Waals surface area contributed by atoms with E-state index in [1.54, 1.807) is 0 Å². The number of aliphatic hydroxyl groups excluding tert-OH is 2. The van der Waals surface area contributed by atoms with Gasteiger partial charge in [-0.2, -0.15) is 12.8 Å². The largest absolute Gasteiger partial charge is 0.465 e. The topological polar surface area (TPSA) is 169 Å². The number of nitrogens with one attached hydrogen (secondary N) is 1. The highest BCUT2D eigenvalue weighted by Crippen LogP contribution is 2.40. The predicted octanol–water partition coefficient (Wildman–Crippen LogP) is 5.17. The number of amides is 1. The first-order chi connectivity index (χ1) is 20.9. The van der Waals surface area contributed by atoms with Crippen molar-refractivity contribution in [3.8, 4) is 0 Å². The van der Waals surface area contributed by atoms with Gasteiger partial charge in [0, 0.05) is 45.2 Å². The third kappa shape index (κ3) is 14.0. The van der Waals surface area contributed by atoms with Crippen LogP contribution >= 0.6 is 11.3 Å². The zero-order valence-electron chi connectivity index (χ0n) is 26.0. The normalized spacial score (nSPS) is 21.1. The Hall–Kier alpha value is -2.61. The monoisotopic (exact) mass is 656 g/mol. The molecule has 1 aliphatic carbocycles. The van der Waals surface area contributed by atoms with E-state index < -0.39 is 22.2 Å². The number of ether oxygens (including phenoxy) is 2. The molecule has 0 saturated heterocycles. The lowest BCUT2D eigenvalue weighted by molar-refractivity contribution is -0.148. The Bertz CT molecular complexity index is 1210. The number of thiophene rings is 1. The van der Waals surface area contributed by atoms with Crippen molar-refractivity contribution in [1.82, 2.24) is 0 Å². The smallest absolute Gasteiger partial charge is 0.305 e. The fraction of sp³-hybridized carbons (Fsp3) is 0.677. The number of carbonyl (C=O) groups is 3. The molecule has 1 aliphatic rings. The van der Waals surface area contributed by atoms with Gasteiger partial charge in [0.05, 0.1) is 23.8 Å². The minimum absolute atomic E-state index is 0.000632. The third-order valence-corrected chi connectivity index (χ3v) is 10.2. The fourth-order valence-electron chi connectivity index (χ4n) is 5.32. The number of allylic oxidation sites excluding steroid dienone is 2. The summed E-state index contributed by atoms with van der Waals surface area (Å²) in [5.74, 6) is -1.17. The minimum atomic E-state index is -3.89. The molecule has 1 fully saturated rings. The Labute approximate surface area is 265 Å². The lowest BCUT2D eigenvalue weighted by Crippen LogP contribution is -2.26. The van der Waals surface area contributed by atoms with Gasteiger partial charge in [0.25, 0.3) is 10.0 Å². The maximum Gasteiger partial charge on any atom is 0.305 e. The highest BCUT2D eigenvalue weighted by Gasteiger charge is 2.43. The molecule has 13 heteroatoms. The molecule has 0 unspecified atom stereocenters. The third-order valence-electron chi connectivity index (χ3n) is 7.47. The molecule has 11 nitrogen and oxygen atoms in total. The molecule has 2 rings (SSSR count). The second-order valence-corrected chi connectivity index (χ2v) is 14.1. The first-order valence-corrected chi connectivity index (χ1v) is 17.7. The van der Waals surface area contributed by atoms with Crippen LogP contribution in [0.3, 0.4) is 0 Å². The van der Waals surface area contributed by atoms with Crippen LogP contribution < -0.4 is 5.32 Å². The Kier molecular flexibility index (Phi) is 16.8. The molecule has 1 aromatic heterocycles. The van der Waals surface area contributed by atoms with E-state index in [1.807, 2.05) is 12.2 Å². The molecule has 0 aromatic carbocycles. The van der Waals surface area contributed by atoms with Gasteiger partial charge in [0.1, 0.15) is 10.3 Å². The number of carbonyl (C=O) groups excluding carboxylic acids is 3. The van der Waals surface area contributed by atoms with Gasteiger partial charge in [0.2, 0.25) is 5.91 Å². The fourth-order valence-corrected chi connectivity index (χ4v) is 7.47. The molecule has 44 heavy (non-hydrogen) atoms. The van der Waals surface area contributed by atoms with E-state index in [0.717, 1.165) is 37.0 Å². The van der Waals surface area contributed by atoms with Gasteiger partial charge in [-0.25, -0.2) is 0 Å². The van der Waals surface area contributed by atoms with Gasteiger partial charge in [0.15, 0.2) is 0 Å². The summed E-state index contributed by atoms with van der Waals surface area (Å²) in [6, 6.07) is 2.86. The maximum absolute atomic E-state index is 12.3. The number of hydrogen-bond donors (Lipinski definition) is 3. The van der Waals surface area contributed by atoms with Crippen LogP contribution in [0.25, 0.3) is 0 Å². The van der Waals surface area contributed by atoms with E-state index >= 15 is 0 Å². The highest BCUT2D eigenvalue weighted by molar-refractivity contribution is 7.92.